The molecule has 1 aliphatic rings. The predicted molar refractivity (Wildman–Crippen MR) is 101 cm³/mol. The average molecular weight is 374 g/mol. The Bertz CT molecular complexity index is 1040. The summed E-state index contributed by atoms with van der Waals surface area (Å²) in [6, 6.07) is 7.70. The van der Waals surface area contributed by atoms with Gasteiger partial charge in [-0.25, -0.2) is 13.6 Å². The number of halogens is 2. The van der Waals surface area contributed by atoms with Crippen LogP contribution in [0.15, 0.2) is 29.1 Å². The number of rotatable bonds is 5. The summed E-state index contributed by atoms with van der Waals surface area (Å²) in [5.74, 6) is 0.448. The molecule has 2 unspecified atom stereocenters. The highest BCUT2D eigenvalue weighted by Gasteiger charge is 2.42. The van der Waals surface area contributed by atoms with Crippen molar-refractivity contribution in [2.45, 2.75) is 64.5 Å². The highest BCUT2D eigenvalue weighted by Crippen LogP contribution is 2.55. The number of nitrogens with one attached hydrogen (secondary N) is 1. The smallest absolute Gasteiger partial charge is 0.306 e. The van der Waals surface area contributed by atoms with E-state index in [-0.39, 0.29) is 35.3 Å². The summed E-state index contributed by atoms with van der Waals surface area (Å²) in [6.45, 7) is 7.86. The lowest BCUT2D eigenvalue weighted by Gasteiger charge is -2.11. The molecular weight excluding hydrogens is 350 g/mol. The van der Waals surface area contributed by atoms with Gasteiger partial charge in [0.05, 0.1) is 11.0 Å². The Morgan fingerprint density at radius 3 is 2.48 bits per heavy atom. The molecule has 0 spiro atoms. The van der Waals surface area contributed by atoms with E-state index in [1.807, 2.05) is 45.9 Å². The molecule has 2 atom stereocenters. The number of imidazole rings is 1. The molecule has 0 amide bonds. The van der Waals surface area contributed by atoms with Gasteiger partial charge in [0.25, 0.3) is 6.43 Å². The summed E-state index contributed by atoms with van der Waals surface area (Å²) in [5, 5.41) is 4.10. The van der Waals surface area contributed by atoms with Crippen LogP contribution in [0.3, 0.4) is 0 Å². The van der Waals surface area contributed by atoms with Crippen LogP contribution in [0.2, 0.25) is 0 Å². The number of benzene rings is 1. The van der Waals surface area contributed by atoms with Crippen molar-refractivity contribution >= 4 is 11.0 Å². The number of H-pyrrole nitrogens is 1. The van der Waals surface area contributed by atoms with Crippen LogP contribution >= 0.6 is 0 Å². The molecule has 0 saturated heterocycles. The Hall–Kier alpha value is -2.44. The minimum Gasteiger partial charge on any atom is -0.306 e. The number of hydrogen-bond donors (Lipinski definition) is 1. The molecule has 2 aromatic heterocycles. The van der Waals surface area contributed by atoms with Crippen LogP contribution in [0, 0.1) is 0 Å². The van der Waals surface area contributed by atoms with E-state index in [0.29, 0.717) is 0 Å². The standard InChI is InChI=1S/C20H24F2N4O/c1-10(2)25-17-6-5-12(7-15(17)23-20(25)27)13-8-14(13)18-9-16(19(21)22)24-26(18)11(3)4/h5-7,9-11,13-14,19H,8H2,1-4H3,(H,23,27). The van der Waals surface area contributed by atoms with E-state index in [9.17, 15) is 13.6 Å². The maximum atomic E-state index is 13.1. The number of aromatic amines is 1. The fourth-order valence-electron chi connectivity index (χ4n) is 4.01. The number of alkyl halides is 2. The minimum absolute atomic E-state index is 0.0349. The summed E-state index contributed by atoms with van der Waals surface area (Å²) in [4.78, 5) is 15.1. The highest BCUT2D eigenvalue weighted by atomic mass is 19.3. The van der Waals surface area contributed by atoms with Gasteiger partial charge in [0.15, 0.2) is 0 Å². The molecule has 1 N–H and O–H groups in total. The zero-order chi connectivity index (χ0) is 19.5. The molecule has 0 aliphatic heterocycles. The van der Waals surface area contributed by atoms with E-state index in [0.717, 1.165) is 28.7 Å². The lowest BCUT2D eigenvalue weighted by atomic mass is 10.1. The molecule has 1 aliphatic carbocycles. The Morgan fingerprint density at radius 1 is 1.11 bits per heavy atom. The van der Waals surface area contributed by atoms with Crippen molar-refractivity contribution < 1.29 is 8.78 Å². The largest absolute Gasteiger partial charge is 0.326 e. The van der Waals surface area contributed by atoms with Crippen LogP contribution in [0.5, 0.6) is 0 Å². The van der Waals surface area contributed by atoms with Gasteiger partial charge in [-0.15, -0.1) is 0 Å². The van der Waals surface area contributed by atoms with Crippen molar-refractivity contribution in [1.29, 1.82) is 0 Å². The van der Waals surface area contributed by atoms with Crippen molar-refractivity contribution in [3.8, 4) is 0 Å². The van der Waals surface area contributed by atoms with Gasteiger partial charge in [0.1, 0.15) is 5.69 Å². The number of aromatic nitrogens is 4. The van der Waals surface area contributed by atoms with Gasteiger partial charge in [-0.1, -0.05) is 6.07 Å². The zero-order valence-corrected chi connectivity index (χ0v) is 15.9. The maximum absolute atomic E-state index is 13.1. The second-order valence-electron chi connectivity index (χ2n) is 7.95. The number of hydrogen-bond acceptors (Lipinski definition) is 2. The lowest BCUT2D eigenvalue weighted by Crippen LogP contribution is -2.18. The Morgan fingerprint density at radius 2 is 1.85 bits per heavy atom. The monoisotopic (exact) mass is 374 g/mol. The van der Waals surface area contributed by atoms with Gasteiger partial charge in [0, 0.05) is 23.7 Å². The number of nitrogens with zero attached hydrogens (tertiary/aromatic N) is 3. The third-order valence-electron chi connectivity index (χ3n) is 5.35. The van der Waals surface area contributed by atoms with Crippen LogP contribution in [0.25, 0.3) is 11.0 Å². The molecule has 144 valence electrons. The van der Waals surface area contributed by atoms with E-state index >= 15 is 0 Å². The molecule has 3 aromatic rings. The first-order valence-corrected chi connectivity index (χ1v) is 9.39. The van der Waals surface area contributed by atoms with E-state index in [4.69, 9.17) is 0 Å². The third kappa shape index (κ3) is 2.99. The van der Waals surface area contributed by atoms with Crippen molar-refractivity contribution in [3.05, 3.63) is 51.7 Å². The van der Waals surface area contributed by atoms with Gasteiger partial charge < -0.3 is 4.98 Å². The summed E-state index contributed by atoms with van der Waals surface area (Å²) >= 11 is 0. The SMILES string of the molecule is CC(C)n1nc(C(F)F)cc1C1CC1c1ccc2c(c1)[nH]c(=O)n2C(C)C. The zero-order valence-electron chi connectivity index (χ0n) is 15.9. The van der Waals surface area contributed by atoms with E-state index in [2.05, 4.69) is 10.1 Å². The topological polar surface area (TPSA) is 55.6 Å². The van der Waals surface area contributed by atoms with Gasteiger partial charge in [-0.3, -0.25) is 9.25 Å². The van der Waals surface area contributed by atoms with Crippen LogP contribution in [0.4, 0.5) is 8.78 Å². The first-order chi connectivity index (χ1) is 12.8. The summed E-state index contributed by atoms with van der Waals surface area (Å²) in [5.41, 5.74) is 3.45. The molecule has 1 aromatic carbocycles. The van der Waals surface area contributed by atoms with Gasteiger partial charge >= 0.3 is 5.69 Å². The average Bonchev–Trinajstić information content (AvgIpc) is 3.11. The second kappa shape index (κ2) is 6.32. The van der Waals surface area contributed by atoms with Gasteiger partial charge in [-0.2, -0.15) is 5.10 Å². The summed E-state index contributed by atoms with van der Waals surface area (Å²) < 4.78 is 29.7. The molecule has 27 heavy (non-hydrogen) atoms. The lowest BCUT2D eigenvalue weighted by molar-refractivity contribution is 0.144. The first-order valence-electron chi connectivity index (χ1n) is 9.39. The minimum atomic E-state index is -2.56. The fraction of sp³-hybridized carbons (Fsp3) is 0.500. The quantitative estimate of drug-likeness (QED) is 0.691. The fourth-order valence-corrected chi connectivity index (χ4v) is 4.01. The van der Waals surface area contributed by atoms with E-state index < -0.39 is 6.43 Å². The highest BCUT2D eigenvalue weighted by molar-refractivity contribution is 5.76. The summed E-state index contributed by atoms with van der Waals surface area (Å²) in [6.07, 6.45) is -1.65. The molecule has 1 fully saturated rings. The second-order valence-corrected chi connectivity index (χ2v) is 7.95. The van der Waals surface area contributed by atoms with E-state index in [1.54, 1.807) is 15.3 Å². The van der Waals surface area contributed by atoms with Gasteiger partial charge in [-0.05, 0) is 63.8 Å². The Labute approximate surface area is 156 Å². The van der Waals surface area contributed by atoms with Crippen LogP contribution in [-0.4, -0.2) is 19.3 Å². The van der Waals surface area contributed by atoms with Crippen LogP contribution in [-0.2, 0) is 0 Å². The van der Waals surface area contributed by atoms with Gasteiger partial charge in [0.2, 0.25) is 0 Å². The Kier molecular flexibility index (Phi) is 4.20. The van der Waals surface area contributed by atoms with Crippen molar-refractivity contribution in [1.82, 2.24) is 19.3 Å². The third-order valence-corrected chi connectivity index (χ3v) is 5.35. The number of fused-ring (bicyclic) bond motifs is 1. The molecule has 7 heteroatoms. The molecular formula is C20H24F2N4O. The summed E-state index contributed by atoms with van der Waals surface area (Å²) in [7, 11) is 0. The van der Waals surface area contributed by atoms with Crippen molar-refractivity contribution in [3.63, 3.8) is 0 Å². The molecule has 5 nitrogen and oxygen atoms in total. The molecule has 2 heterocycles. The molecule has 4 rings (SSSR count). The Balaban J connectivity index is 1.67. The maximum Gasteiger partial charge on any atom is 0.326 e. The predicted octanol–water partition coefficient (Wildman–Crippen LogP) is 4.90. The van der Waals surface area contributed by atoms with Crippen LogP contribution in [0.1, 0.15) is 81.4 Å². The van der Waals surface area contributed by atoms with E-state index in [1.165, 1.54) is 0 Å². The normalized spacial score (nSPS) is 19.7. The molecule has 1 saturated carbocycles. The molecule has 0 bridgehead atoms. The van der Waals surface area contributed by atoms with Crippen LogP contribution < -0.4 is 5.69 Å². The molecule has 0 radical (unpaired) electrons. The van der Waals surface area contributed by atoms with Crippen molar-refractivity contribution in [2.24, 2.45) is 0 Å². The van der Waals surface area contributed by atoms with Crippen molar-refractivity contribution in [2.75, 3.05) is 0 Å². The first kappa shape index (κ1) is 17.9.